The van der Waals surface area contributed by atoms with Gasteiger partial charge in [0.2, 0.25) is 0 Å². The Morgan fingerprint density at radius 2 is 2.00 bits per heavy atom. The molecule has 0 unspecified atom stereocenters. The predicted octanol–water partition coefficient (Wildman–Crippen LogP) is 1.60. The fourth-order valence-electron chi connectivity index (χ4n) is 0.875. The topological polar surface area (TPSA) is 33.5 Å². The maximum Gasteiger partial charge on any atom is 0.300 e. The van der Waals surface area contributed by atoms with Gasteiger partial charge in [-0.05, 0) is 19.8 Å². The first-order valence-electron chi connectivity index (χ1n) is 4.22. The lowest BCUT2D eigenvalue weighted by Gasteiger charge is -2.26. The Bertz CT molecular complexity index is 189. The smallest absolute Gasteiger partial charge is 0.300 e. The predicted molar refractivity (Wildman–Crippen MR) is 48.6 cm³/mol. The van der Waals surface area contributed by atoms with Crippen molar-refractivity contribution < 1.29 is 4.79 Å². The van der Waals surface area contributed by atoms with Crippen LogP contribution < -0.4 is 5.32 Å². The van der Waals surface area contributed by atoms with E-state index in [1.165, 1.54) is 0 Å². The molecule has 0 atom stereocenters. The summed E-state index contributed by atoms with van der Waals surface area (Å²) in [7, 11) is 0. The normalized spacial score (nSPS) is 10.5. The Balaban J connectivity index is 4.04. The van der Waals surface area contributed by atoms with Crippen LogP contribution in [0.15, 0.2) is 0 Å². The molecule has 3 nitrogen and oxygen atoms in total. The van der Waals surface area contributed by atoms with Crippen LogP contribution in [0.5, 0.6) is 0 Å². The van der Waals surface area contributed by atoms with Crippen LogP contribution in [0.25, 0.3) is 4.85 Å². The molecule has 3 heteroatoms. The summed E-state index contributed by atoms with van der Waals surface area (Å²) in [5.74, 6) is -0.170. The molecule has 0 bridgehead atoms. The number of carbonyl (C=O) groups excluding carboxylic acids is 1. The number of carbonyl (C=O) groups is 1. The fourth-order valence-corrected chi connectivity index (χ4v) is 0.875. The Morgan fingerprint density at radius 1 is 1.50 bits per heavy atom. The Labute approximate surface area is 74.0 Å². The van der Waals surface area contributed by atoms with Gasteiger partial charge in [0.05, 0.1) is 0 Å². The van der Waals surface area contributed by atoms with Gasteiger partial charge in [-0.2, -0.15) is 0 Å². The monoisotopic (exact) mass is 168 g/mol. The lowest BCUT2D eigenvalue weighted by molar-refractivity contribution is -0.121. The molecule has 0 spiro atoms. The van der Waals surface area contributed by atoms with Gasteiger partial charge < -0.3 is 10.2 Å². The molecule has 0 aromatic heterocycles. The molecular weight excluding hydrogens is 152 g/mol. The molecule has 0 saturated carbocycles. The molecule has 1 N–H and O–H groups in total. The fraction of sp³-hybridized carbons (Fsp3) is 0.778. The summed E-state index contributed by atoms with van der Waals surface area (Å²) in [6.07, 6.45) is 1.79. The quantitative estimate of drug-likeness (QED) is 0.635. The molecule has 0 heterocycles. The lowest BCUT2D eigenvalue weighted by atomic mass is 9.95. The largest absolute Gasteiger partial charge is 0.345 e. The first kappa shape index (κ1) is 11.0. The van der Waals surface area contributed by atoms with Crippen LogP contribution >= 0.6 is 0 Å². The van der Waals surface area contributed by atoms with E-state index in [0.717, 1.165) is 12.8 Å². The van der Waals surface area contributed by atoms with Crippen LogP contribution in [0.1, 0.15) is 33.6 Å². The SMILES string of the molecule is [C-]#[N+]CC(=O)NC(C)(CC)CC. The van der Waals surface area contributed by atoms with Crippen molar-refractivity contribution in [1.82, 2.24) is 5.32 Å². The molecular formula is C9H16N2O. The van der Waals surface area contributed by atoms with E-state index >= 15 is 0 Å². The van der Waals surface area contributed by atoms with Crippen molar-refractivity contribution in [3.8, 4) is 0 Å². The molecule has 0 aliphatic heterocycles. The zero-order chi connectivity index (χ0) is 9.61. The van der Waals surface area contributed by atoms with E-state index in [1.807, 2.05) is 20.8 Å². The third-order valence-corrected chi connectivity index (χ3v) is 2.22. The maximum atomic E-state index is 11.1. The van der Waals surface area contributed by atoms with Crippen molar-refractivity contribution in [2.45, 2.75) is 39.2 Å². The van der Waals surface area contributed by atoms with Crippen LogP contribution in [0.3, 0.4) is 0 Å². The van der Waals surface area contributed by atoms with Gasteiger partial charge in [0.1, 0.15) is 0 Å². The second kappa shape index (κ2) is 4.76. The third kappa shape index (κ3) is 3.38. The minimum absolute atomic E-state index is 0.0599. The molecule has 0 aromatic rings. The summed E-state index contributed by atoms with van der Waals surface area (Å²) < 4.78 is 0. The number of hydrogen-bond donors (Lipinski definition) is 1. The Morgan fingerprint density at radius 3 is 2.33 bits per heavy atom. The van der Waals surface area contributed by atoms with Crippen molar-refractivity contribution in [2.24, 2.45) is 0 Å². The number of hydrogen-bond acceptors (Lipinski definition) is 1. The van der Waals surface area contributed by atoms with Gasteiger partial charge in [0.15, 0.2) is 0 Å². The van der Waals surface area contributed by atoms with Gasteiger partial charge in [-0.3, -0.25) is 4.79 Å². The summed E-state index contributed by atoms with van der Waals surface area (Å²) in [5, 5.41) is 2.84. The van der Waals surface area contributed by atoms with E-state index in [1.54, 1.807) is 0 Å². The van der Waals surface area contributed by atoms with Crippen molar-refractivity contribution in [3.63, 3.8) is 0 Å². The van der Waals surface area contributed by atoms with Crippen LogP contribution in [0, 0.1) is 6.57 Å². The molecule has 1 amide bonds. The Kier molecular flexibility index (Phi) is 4.35. The van der Waals surface area contributed by atoms with Gasteiger partial charge in [-0.25, -0.2) is 6.57 Å². The van der Waals surface area contributed by atoms with E-state index in [0.29, 0.717) is 0 Å². The summed E-state index contributed by atoms with van der Waals surface area (Å²) in [5.41, 5.74) is -0.137. The minimum Gasteiger partial charge on any atom is -0.345 e. The van der Waals surface area contributed by atoms with Crippen molar-refractivity contribution >= 4 is 5.91 Å². The molecule has 0 aliphatic carbocycles. The van der Waals surface area contributed by atoms with Gasteiger partial charge in [-0.1, -0.05) is 13.8 Å². The van der Waals surface area contributed by atoms with Crippen molar-refractivity contribution in [1.29, 1.82) is 0 Å². The second-order valence-corrected chi connectivity index (χ2v) is 3.13. The molecule has 0 rings (SSSR count). The first-order chi connectivity index (χ1) is 5.58. The highest BCUT2D eigenvalue weighted by atomic mass is 16.2. The highest BCUT2D eigenvalue weighted by Crippen LogP contribution is 2.12. The van der Waals surface area contributed by atoms with Crippen LogP contribution in [0.4, 0.5) is 0 Å². The molecule has 12 heavy (non-hydrogen) atoms. The molecule has 0 aromatic carbocycles. The molecule has 0 radical (unpaired) electrons. The number of nitrogens with one attached hydrogen (secondary N) is 1. The van der Waals surface area contributed by atoms with E-state index < -0.39 is 0 Å². The van der Waals surface area contributed by atoms with Gasteiger partial charge >= 0.3 is 5.91 Å². The number of rotatable bonds is 4. The average molecular weight is 168 g/mol. The number of amides is 1. The molecule has 68 valence electrons. The summed E-state index contributed by atoms with van der Waals surface area (Å²) >= 11 is 0. The van der Waals surface area contributed by atoms with E-state index in [4.69, 9.17) is 6.57 Å². The molecule has 0 fully saturated rings. The first-order valence-corrected chi connectivity index (χ1v) is 4.22. The number of nitrogens with zero attached hydrogens (tertiary/aromatic N) is 1. The Hall–Kier alpha value is -1.04. The summed E-state index contributed by atoms with van der Waals surface area (Å²) in [6, 6.07) is 0. The van der Waals surface area contributed by atoms with Gasteiger partial charge in [-0.15, -0.1) is 0 Å². The zero-order valence-corrected chi connectivity index (χ0v) is 7.98. The van der Waals surface area contributed by atoms with E-state index in [9.17, 15) is 4.79 Å². The van der Waals surface area contributed by atoms with Gasteiger partial charge in [0, 0.05) is 5.54 Å². The van der Waals surface area contributed by atoms with Crippen LogP contribution in [0.2, 0.25) is 0 Å². The zero-order valence-electron chi connectivity index (χ0n) is 7.98. The van der Waals surface area contributed by atoms with Gasteiger partial charge in [0.25, 0.3) is 6.54 Å². The average Bonchev–Trinajstić information content (AvgIpc) is 2.05. The summed E-state index contributed by atoms with van der Waals surface area (Å²) in [6.45, 7) is 12.5. The second-order valence-electron chi connectivity index (χ2n) is 3.13. The van der Waals surface area contributed by atoms with Crippen LogP contribution in [-0.2, 0) is 4.79 Å². The van der Waals surface area contributed by atoms with E-state index in [2.05, 4.69) is 10.2 Å². The summed E-state index contributed by atoms with van der Waals surface area (Å²) in [4.78, 5) is 14.1. The van der Waals surface area contributed by atoms with E-state index in [-0.39, 0.29) is 18.0 Å². The third-order valence-electron chi connectivity index (χ3n) is 2.22. The van der Waals surface area contributed by atoms with Crippen LogP contribution in [-0.4, -0.2) is 18.0 Å². The van der Waals surface area contributed by atoms with Crippen molar-refractivity contribution in [2.75, 3.05) is 6.54 Å². The standard InChI is InChI=1S/C9H16N2O/c1-5-9(3,6-2)11-8(12)7-10-4/h5-7H2,1-3H3,(H,11,12). The minimum atomic E-state index is -0.170. The highest BCUT2D eigenvalue weighted by Gasteiger charge is 2.22. The molecule has 0 saturated heterocycles. The lowest BCUT2D eigenvalue weighted by Crippen LogP contribution is -2.45. The van der Waals surface area contributed by atoms with Crippen molar-refractivity contribution in [3.05, 3.63) is 11.4 Å². The molecule has 0 aliphatic rings. The maximum absolute atomic E-state index is 11.1. The highest BCUT2D eigenvalue weighted by molar-refractivity contribution is 5.80.